The smallest absolute Gasteiger partial charge is 0.265 e. The fourth-order valence-corrected chi connectivity index (χ4v) is 4.60. The quantitative estimate of drug-likeness (QED) is 0.795. The van der Waals surface area contributed by atoms with Gasteiger partial charge < -0.3 is 0 Å². The first-order valence-electron chi connectivity index (χ1n) is 7.38. The van der Waals surface area contributed by atoms with Crippen molar-refractivity contribution >= 4 is 21.9 Å². The zero-order valence-electron chi connectivity index (χ0n) is 12.9. The van der Waals surface area contributed by atoms with Crippen molar-refractivity contribution in [3.05, 3.63) is 71.4 Å². The molecule has 0 atom stereocenters. The van der Waals surface area contributed by atoms with Crippen LogP contribution in [-0.4, -0.2) is 24.5 Å². The van der Waals surface area contributed by atoms with E-state index in [1.807, 2.05) is 30.3 Å². The van der Waals surface area contributed by atoms with Gasteiger partial charge in [-0.05, 0) is 37.6 Å². The number of carbonyl (C=O) groups is 1. The predicted molar refractivity (Wildman–Crippen MR) is 89.4 cm³/mol. The van der Waals surface area contributed by atoms with Crippen molar-refractivity contribution in [2.24, 2.45) is 0 Å². The lowest BCUT2D eigenvalue weighted by atomic mass is 10.0. The molecule has 0 fully saturated rings. The van der Waals surface area contributed by atoms with Gasteiger partial charge in [0, 0.05) is 11.6 Å². The molecule has 0 amide bonds. The molecule has 1 heterocycles. The lowest BCUT2D eigenvalue weighted by Crippen LogP contribution is -2.43. The summed E-state index contributed by atoms with van der Waals surface area (Å²) in [5.41, 5.74) is 1.20. The molecule has 4 nitrogen and oxygen atoms in total. The number of nitrogens with zero attached hydrogens (tertiary/aromatic N) is 1. The van der Waals surface area contributed by atoms with Crippen LogP contribution in [0.2, 0.25) is 0 Å². The Hall–Kier alpha value is -2.40. The molecule has 0 saturated carbocycles. The lowest BCUT2D eigenvalue weighted by molar-refractivity contribution is 0.0996. The van der Waals surface area contributed by atoms with Crippen LogP contribution >= 0.6 is 0 Å². The van der Waals surface area contributed by atoms with Gasteiger partial charge in [-0.1, -0.05) is 42.5 Å². The minimum absolute atomic E-state index is 0.0731. The van der Waals surface area contributed by atoms with Crippen LogP contribution in [0, 0.1) is 0 Å². The zero-order chi connectivity index (χ0) is 16.6. The molecule has 0 spiro atoms. The van der Waals surface area contributed by atoms with Crippen LogP contribution in [0.25, 0.3) is 6.08 Å². The largest absolute Gasteiger partial charge is 0.287 e. The molecule has 3 rings (SSSR count). The Morgan fingerprint density at radius 1 is 0.957 bits per heavy atom. The minimum Gasteiger partial charge on any atom is -0.287 e. The summed E-state index contributed by atoms with van der Waals surface area (Å²) >= 11 is 0. The van der Waals surface area contributed by atoms with Gasteiger partial charge in [-0.2, -0.15) is 0 Å². The molecule has 0 aliphatic carbocycles. The summed E-state index contributed by atoms with van der Waals surface area (Å²) in [6.45, 7) is 3.52. The standard InChI is InChI=1S/C18H17NO3S/c1-13(2)19-16(12-14-8-4-3-5-9-14)18(20)15-10-6-7-11-17(15)23(19,21)22/h3-13H,1-2H3/b16-12+. The van der Waals surface area contributed by atoms with Crippen LogP contribution in [0.4, 0.5) is 0 Å². The number of ketones is 1. The molecule has 0 unspecified atom stereocenters. The van der Waals surface area contributed by atoms with Gasteiger partial charge in [0.1, 0.15) is 5.70 Å². The summed E-state index contributed by atoms with van der Waals surface area (Å²) in [6.07, 6.45) is 1.63. The molecule has 1 aliphatic rings. The third-order valence-corrected chi connectivity index (χ3v) is 5.76. The number of hydrogen-bond acceptors (Lipinski definition) is 3. The van der Waals surface area contributed by atoms with Crippen molar-refractivity contribution in [2.75, 3.05) is 0 Å². The van der Waals surface area contributed by atoms with Crippen molar-refractivity contribution in [3.63, 3.8) is 0 Å². The summed E-state index contributed by atoms with van der Waals surface area (Å²) in [6, 6.07) is 15.2. The molecule has 0 radical (unpaired) electrons. The van der Waals surface area contributed by atoms with E-state index >= 15 is 0 Å². The molecule has 1 aliphatic heterocycles. The Bertz CT molecular complexity index is 883. The first-order chi connectivity index (χ1) is 10.9. The highest BCUT2D eigenvalue weighted by atomic mass is 32.2. The molecule has 2 aromatic carbocycles. The van der Waals surface area contributed by atoms with Crippen molar-refractivity contribution in [3.8, 4) is 0 Å². The highest BCUT2D eigenvalue weighted by molar-refractivity contribution is 7.89. The molecule has 0 aromatic heterocycles. The van der Waals surface area contributed by atoms with Gasteiger partial charge in [-0.25, -0.2) is 8.42 Å². The average Bonchev–Trinajstić information content (AvgIpc) is 2.53. The molecule has 23 heavy (non-hydrogen) atoms. The normalized spacial score (nSPS) is 18.3. The number of sulfonamides is 1. The Labute approximate surface area is 136 Å². The molecule has 5 heteroatoms. The summed E-state index contributed by atoms with van der Waals surface area (Å²) in [5.74, 6) is -0.270. The van der Waals surface area contributed by atoms with E-state index in [9.17, 15) is 13.2 Å². The maximum Gasteiger partial charge on any atom is 0.265 e. The molecule has 2 aromatic rings. The Morgan fingerprint density at radius 2 is 1.57 bits per heavy atom. The summed E-state index contributed by atoms with van der Waals surface area (Å²) in [4.78, 5) is 12.9. The van der Waals surface area contributed by atoms with Crippen LogP contribution in [0.15, 0.2) is 65.2 Å². The highest BCUT2D eigenvalue weighted by Crippen LogP contribution is 2.34. The first-order valence-corrected chi connectivity index (χ1v) is 8.82. The van der Waals surface area contributed by atoms with Crippen molar-refractivity contribution in [2.45, 2.75) is 24.8 Å². The van der Waals surface area contributed by atoms with Crippen molar-refractivity contribution < 1.29 is 13.2 Å². The second kappa shape index (κ2) is 5.66. The molecular weight excluding hydrogens is 310 g/mol. The fourth-order valence-electron chi connectivity index (χ4n) is 2.74. The van der Waals surface area contributed by atoms with Gasteiger partial charge in [-0.15, -0.1) is 0 Å². The average molecular weight is 327 g/mol. The van der Waals surface area contributed by atoms with Gasteiger partial charge in [-0.3, -0.25) is 9.10 Å². The molecule has 118 valence electrons. The van der Waals surface area contributed by atoms with Gasteiger partial charge >= 0.3 is 0 Å². The minimum atomic E-state index is -3.74. The van der Waals surface area contributed by atoms with Gasteiger partial charge in [0.25, 0.3) is 10.0 Å². The SMILES string of the molecule is CC(C)N1/C(=C/c2ccccc2)C(=O)c2ccccc2S1(=O)=O. The van der Waals surface area contributed by atoms with E-state index in [0.717, 1.165) is 5.56 Å². The van der Waals surface area contributed by atoms with Crippen LogP contribution < -0.4 is 0 Å². The van der Waals surface area contributed by atoms with Gasteiger partial charge in [0.15, 0.2) is 0 Å². The predicted octanol–water partition coefficient (Wildman–Crippen LogP) is 3.32. The van der Waals surface area contributed by atoms with Crippen LogP contribution in [0.1, 0.15) is 29.8 Å². The number of fused-ring (bicyclic) bond motifs is 1. The van der Waals surface area contributed by atoms with E-state index in [-0.39, 0.29) is 28.0 Å². The first kappa shape index (κ1) is 15.5. The molecular formula is C18H17NO3S. The van der Waals surface area contributed by atoms with Crippen LogP contribution in [0.3, 0.4) is 0 Å². The van der Waals surface area contributed by atoms with E-state index in [4.69, 9.17) is 0 Å². The Kier molecular flexibility index (Phi) is 3.82. The van der Waals surface area contributed by atoms with Crippen LogP contribution in [-0.2, 0) is 10.0 Å². The van der Waals surface area contributed by atoms with E-state index in [0.29, 0.717) is 0 Å². The zero-order valence-corrected chi connectivity index (χ0v) is 13.7. The summed E-state index contributed by atoms with van der Waals surface area (Å²) in [7, 11) is -3.74. The van der Waals surface area contributed by atoms with Crippen molar-refractivity contribution in [1.82, 2.24) is 4.31 Å². The number of rotatable bonds is 2. The van der Waals surface area contributed by atoms with Crippen molar-refractivity contribution in [1.29, 1.82) is 0 Å². The Balaban J connectivity index is 2.27. The lowest BCUT2D eigenvalue weighted by Gasteiger charge is -2.34. The van der Waals surface area contributed by atoms with Gasteiger partial charge in [0.05, 0.1) is 4.90 Å². The molecule has 0 N–H and O–H groups in total. The number of Topliss-reactive ketones (excluding diaryl/α,β-unsaturated/α-hetero) is 1. The Morgan fingerprint density at radius 3 is 2.22 bits per heavy atom. The van der Waals surface area contributed by atoms with E-state index < -0.39 is 10.0 Å². The maximum absolute atomic E-state index is 12.9. The summed E-state index contributed by atoms with van der Waals surface area (Å²) < 4.78 is 27.1. The van der Waals surface area contributed by atoms with Gasteiger partial charge in [0.2, 0.25) is 5.78 Å². The molecule has 0 saturated heterocycles. The fraction of sp³-hybridized carbons (Fsp3) is 0.167. The monoisotopic (exact) mass is 327 g/mol. The number of hydrogen-bond donors (Lipinski definition) is 0. The van der Waals surface area contributed by atoms with E-state index in [1.54, 1.807) is 38.1 Å². The number of benzene rings is 2. The molecule has 0 bridgehead atoms. The number of carbonyl (C=O) groups excluding carboxylic acids is 1. The topological polar surface area (TPSA) is 54.5 Å². The second-order valence-corrected chi connectivity index (χ2v) is 7.44. The third kappa shape index (κ3) is 2.57. The van der Waals surface area contributed by atoms with Crippen LogP contribution in [0.5, 0.6) is 0 Å². The summed E-state index contributed by atoms with van der Waals surface area (Å²) in [5, 5.41) is 0. The van der Waals surface area contributed by atoms with E-state index in [1.165, 1.54) is 10.4 Å². The highest BCUT2D eigenvalue weighted by Gasteiger charge is 2.40. The maximum atomic E-state index is 12.9. The second-order valence-electron chi connectivity index (χ2n) is 5.66. The number of allylic oxidation sites excluding steroid dienone is 1. The van der Waals surface area contributed by atoms with E-state index in [2.05, 4.69) is 0 Å². The third-order valence-electron chi connectivity index (χ3n) is 3.71.